The molecule has 1 aromatic heterocycles. The van der Waals surface area contributed by atoms with Crippen LogP contribution in [0.3, 0.4) is 0 Å². The van der Waals surface area contributed by atoms with Gasteiger partial charge in [0.2, 0.25) is 0 Å². The van der Waals surface area contributed by atoms with Crippen molar-refractivity contribution in [3.8, 4) is 5.75 Å². The number of rotatable bonds is 4. The van der Waals surface area contributed by atoms with E-state index in [1.54, 1.807) is 55.5 Å². The topological polar surface area (TPSA) is 73.6 Å². The van der Waals surface area contributed by atoms with E-state index in [0.29, 0.717) is 33.6 Å². The summed E-state index contributed by atoms with van der Waals surface area (Å²) in [6, 6.07) is 25.4. The van der Waals surface area contributed by atoms with Crippen LogP contribution in [0, 0.1) is 6.92 Å². The Kier molecular flexibility index (Phi) is 5.77. The molecule has 0 N–H and O–H groups in total. The molecule has 5 rings (SSSR count). The third-order valence-electron chi connectivity index (χ3n) is 5.43. The van der Waals surface area contributed by atoms with Gasteiger partial charge in [0.05, 0.1) is 22.7 Å². The maximum absolute atomic E-state index is 13.0. The number of nitrogens with zero attached hydrogens (tertiary/aromatic N) is 3. The second kappa shape index (κ2) is 9.03. The summed E-state index contributed by atoms with van der Waals surface area (Å²) < 4.78 is 7.87. The predicted molar refractivity (Wildman–Crippen MR) is 137 cm³/mol. The fraction of sp³-hybridized carbons (Fsp3) is 0.0370. The summed E-state index contributed by atoms with van der Waals surface area (Å²) in [5.74, 6) is 0.307. The van der Waals surface area contributed by atoms with Crippen molar-refractivity contribution in [3.05, 3.63) is 117 Å². The molecule has 1 heterocycles. The van der Waals surface area contributed by atoms with Crippen molar-refractivity contribution in [2.24, 2.45) is 5.10 Å². The van der Waals surface area contributed by atoms with Crippen LogP contribution in [-0.4, -0.2) is 21.8 Å². The van der Waals surface area contributed by atoms with Gasteiger partial charge in [-0.3, -0.25) is 4.79 Å². The largest absolute Gasteiger partial charge is 0.422 e. The number of carbonyl (C=O) groups excluding carboxylic acids is 1. The molecular weight excluding hydrogens is 494 g/mol. The van der Waals surface area contributed by atoms with Crippen molar-refractivity contribution < 1.29 is 9.53 Å². The van der Waals surface area contributed by atoms with E-state index in [0.717, 1.165) is 15.2 Å². The molecule has 0 aliphatic rings. The van der Waals surface area contributed by atoms with E-state index in [9.17, 15) is 9.59 Å². The third kappa shape index (κ3) is 4.13. The summed E-state index contributed by atoms with van der Waals surface area (Å²) in [6.45, 7) is 1.72. The Morgan fingerprint density at radius 2 is 1.65 bits per heavy atom. The number of para-hydroxylation sites is 1. The van der Waals surface area contributed by atoms with Crippen LogP contribution in [0.2, 0.25) is 0 Å². The molecule has 0 fully saturated rings. The third-order valence-corrected chi connectivity index (χ3v) is 5.96. The van der Waals surface area contributed by atoms with Gasteiger partial charge in [-0.05, 0) is 60.2 Å². The van der Waals surface area contributed by atoms with Gasteiger partial charge in [-0.2, -0.15) is 9.78 Å². The maximum Gasteiger partial charge on any atom is 0.343 e. The van der Waals surface area contributed by atoms with E-state index >= 15 is 0 Å². The van der Waals surface area contributed by atoms with Crippen molar-refractivity contribution in [2.75, 3.05) is 0 Å². The Morgan fingerprint density at radius 3 is 2.44 bits per heavy atom. The Hall–Kier alpha value is -4.10. The number of halogens is 1. The Bertz CT molecular complexity index is 1640. The van der Waals surface area contributed by atoms with Gasteiger partial charge >= 0.3 is 5.97 Å². The monoisotopic (exact) mass is 511 g/mol. The molecule has 0 saturated heterocycles. The highest BCUT2D eigenvalue weighted by Crippen LogP contribution is 2.28. The summed E-state index contributed by atoms with van der Waals surface area (Å²) in [7, 11) is 0. The number of esters is 1. The van der Waals surface area contributed by atoms with Gasteiger partial charge < -0.3 is 4.74 Å². The number of fused-ring (bicyclic) bond motifs is 2. The molecule has 0 unspecified atom stereocenters. The van der Waals surface area contributed by atoms with Gasteiger partial charge in [0.25, 0.3) is 5.56 Å². The highest BCUT2D eigenvalue weighted by Gasteiger charge is 2.14. The standard InChI is InChI=1S/C27H18BrN3O3/c1-17-30-24-9-5-4-8-22(24)26(32)31(17)29-16-23-21-7-3-2-6-18(21)12-15-25(23)34-27(33)19-10-13-20(28)14-11-19/h2-16H,1H3/b29-16+. The molecule has 0 amide bonds. The van der Waals surface area contributed by atoms with E-state index in [1.165, 1.54) is 10.9 Å². The number of hydrogen-bond acceptors (Lipinski definition) is 5. The first kappa shape index (κ1) is 21.7. The van der Waals surface area contributed by atoms with Crippen molar-refractivity contribution >= 4 is 49.8 Å². The molecule has 0 aliphatic carbocycles. The molecule has 0 atom stereocenters. The van der Waals surface area contributed by atoms with Gasteiger partial charge in [0.15, 0.2) is 0 Å². The lowest BCUT2D eigenvalue weighted by Gasteiger charge is -2.11. The van der Waals surface area contributed by atoms with Gasteiger partial charge in [0.1, 0.15) is 11.6 Å². The highest BCUT2D eigenvalue weighted by atomic mass is 79.9. The summed E-state index contributed by atoms with van der Waals surface area (Å²) in [5, 5.41) is 6.72. The first-order chi connectivity index (χ1) is 16.5. The number of hydrogen-bond donors (Lipinski definition) is 0. The van der Waals surface area contributed by atoms with E-state index in [4.69, 9.17) is 4.74 Å². The molecule has 5 aromatic rings. The van der Waals surface area contributed by atoms with Crippen molar-refractivity contribution in [3.63, 3.8) is 0 Å². The summed E-state index contributed by atoms with van der Waals surface area (Å²) >= 11 is 3.37. The van der Waals surface area contributed by atoms with Crippen LogP contribution in [0.25, 0.3) is 21.7 Å². The van der Waals surface area contributed by atoms with Crippen LogP contribution in [-0.2, 0) is 0 Å². The number of ether oxygens (including phenoxy) is 1. The Balaban J connectivity index is 1.61. The van der Waals surface area contributed by atoms with Crippen LogP contribution in [0.4, 0.5) is 0 Å². The molecule has 0 bridgehead atoms. The summed E-state index contributed by atoms with van der Waals surface area (Å²) in [4.78, 5) is 30.3. The van der Waals surface area contributed by atoms with Crippen molar-refractivity contribution in [1.82, 2.24) is 9.66 Å². The van der Waals surface area contributed by atoms with E-state index in [-0.39, 0.29) is 5.56 Å². The normalized spacial score (nSPS) is 11.4. The first-order valence-corrected chi connectivity index (χ1v) is 11.3. The number of aromatic nitrogens is 2. The lowest BCUT2D eigenvalue weighted by Crippen LogP contribution is -2.20. The summed E-state index contributed by atoms with van der Waals surface area (Å²) in [5.41, 5.74) is 1.35. The van der Waals surface area contributed by atoms with Crippen LogP contribution in [0.1, 0.15) is 21.7 Å². The van der Waals surface area contributed by atoms with Crippen LogP contribution in [0.15, 0.2) is 99.3 Å². The lowest BCUT2D eigenvalue weighted by atomic mass is 10.0. The molecule has 0 aliphatic heterocycles. The van der Waals surface area contributed by atoms with Crippen molar-refractivity contribution in [2.45, 2.75) is 6.92 Å². The van der Waals surface area contributed by atoms with Gasteiger partial charge in [-0.25, -0.2) is 9.78 Å². The van der Waals surface area contributed by atoms with Gasteiger partial charge in [-0.1, -0.05) is 58.4 Å². The number of carbonyl (C=O) groups is 1. The zero-order chi connectivity index (χ0) is 23.7. The maximum atomic E-state index is 13.0. The second-order valence-corrected chi connectivity index (χ2v) is 8.55. The Morgan fingerprint density at radius 1 is 0.941 bits per heavy atom. The minimum Gasteiger partial charge on any atom is -0.422 e. The molecule has 0 saturated carbocycles. The van der Waals surface area contributed by atoms with Crippen LogP contribution < -0.4 is 10.3 Å². The molecule has 7 heteroatoms. The fourth-order valence-corrected chi connectivity index (χ4v) is 3.99. The van der Waals surface area contributed by atoms with Crippen LogP contribution in [0.5, 0.6) is 5.75 Å². The minimum atomic E-state index is -0.488. The average molecular weight is 512 g/mol. The van der Waals surface area contributed by atoms with Crippen LogP contribution >= 0.6 is 15.9 Å². The van der Waals surface area contributed by atoms with Gasteiger partial charge in [-0.15, -0.1) is 0 Å². The average Bonchev–Trinajstić information content (AvgIpc) is 2.85. The van der Waals surface area contributed by atoms with E-state index in [1.807, 2.05) is 36.4 Å². The first-order valence-electron chi connectivity index (χ1n) is 10.5. The molecule has 4 aromatic carbocycles. The SMILES string of the molecule is Cc1nc2ccccc2c(=O)n1/N=C/c1c(OC(=O)c2ccc(Br)cc2)ccc2ccccc12. The highest BCUT2D eigenvalue weighted by molar-refractivity contribution is 9.10. The zero-order valence-electron chi connectivity index (χ0n) is 18.1. The van der Waals surface area contributed by atoms with E-state index in [2.05, 4.69) is 26.0 Å². The number of aryl methyl sites for hydroxylation is 1. The lowest BCUT2D eigenvalue weighted by molar-refractivity contribution is 0.0734. The zero-order valence-corrected chi connectivity index (χ0v) is 19.7. The Labute approximate surface area is 203 Å². The predicted octanol–water partition coefficient (Wildman–Crippen LogP) is 5.72. The molecule has 6 nitrogen and oxygen atoms in total. The van der Waals surface area contributed by atoms with Crippen molar-refractivity contribution in [1.29, 1.82) is 0 Å². The second-order valence-electron chi connectivity index (χ2n) is 7.63. The fourth-order valence-electron chi connectivity index (χ4n) is 3.73. The van der Waals surface area contributed by atoms with Gasteiger partial charge in [0, 0.05) is 10.0 Å². The quantitative estimate of drug-likeness (QED) is 0.175. The van der Waals surface area contributed by atoms with E-state index < -0.39 is 5.97 Å². The molecular formula is C27H18BrN3O3. The summed E-state index contributed by atoms with van der Waals surface area (Å²) in [6.07, 6.45) is 1.54. The number of benzene rings is 4. The molecule has 0 spiro atoms. The minimum absolute atomic E-state index is 0.270. The molecule has 166 valence electrons. The smallest absolute Gasteiger partial charge is 0.343 e. The molecule has 34 heavy (non-hydrogen) atoms. The molecule has 0 radical (unpaired) electrons.